The first-order valence-corrected chi connectivity index (χ1v) is 10.3. The minimum absolute atomic E-state index is 0.139. The van der Waals surface area contributed by atoms with Crippen molar-refractivity contribution in [3.63, 3.8) is 0 Å². The van der Waals surface area contributed by atoms with Crippen molar-refractivity contribution in [2.45, 2.75) is 17.2 Å². The van der Waals surface area contributed by atoms with Crippen LogP contribution >= 0.6 is 11.8 Å². The molecule has 6 heteroatoms. The maximum Gasteiger partial charge on any atom is 0.254 e. The number of H-pyrrole nitrogens is 1. The van der Waals surface area contributed by atoms with Crippen LogP contribution in [0.4, 0.5) is 4.39 Å². The standard InChI is InChI=1S/C23H20FN3OS/c24-18-9-7-16(8-10-18)15-29-23-20(5-3-12-26-23)22(28)25-13-11-17-14-27-21-6-2-1-4-19(17)21/h1-10,12,14,27H,11,13,15H2,(H,25,28). The molecule has 0 aliphatic carbocycles. The Bertz CT molecular complexity index is 1120. The summed E-state index contributed by atoms with van der Waals surface area (Å²) in [4.78, 5) is 20.3. The molecule has 2 aromatic carbocycles. The summed E-state index contributed by atoms with van der Waals surface area (Å²) >= 11 is 1.47. The molecule has 2 heterocycles. The van der Waals surface area contributed by atoms with Gasteiger partial charge in [-0.05, 0) is 47.9 Å². The van der Waals surface area contributed by atoms with Crippen molar-refractivity contribution in [2.24, 2.45) is 0 Å². The Hall–Kier alpha value is -3.12. The predicted octanol–water partition coefficient (Wildman–Crippen LogP) is 4.97. The third kappa shape index (κ3) is 4.66. The van der Waals surface area contributed by atoms with Crippen LogP contribution in [0.1, 0.15) is 21.5 Å². The number of fused-ring (bicyclic) bond motifs is 1. The zero-order valence-corrected chi connectivity index (χ0v) is 16.5. The van der Waals surface area contributed by atoms with E-state index in [0.717, 1.165) is 17.5 Å². The number of hydrogen-bond donors (Lipinski definition) is 2. The molecule has 146 valence electrons. The van der Waals surface area contributed by atoms with E-state index in [4.69, 9.17) is 0 Å². The molecule has 0 aliphatic rings. The lowest BCUT2D eigenvalue weighted by Gasteiger charge is -2.09. The molecule has 1 amide bonds. The van der Waals surface area contributed by atoms with Crippen molar-refractivity contribution in [1.29, 1.82) is 0 Å². The van der Waals surface area contributed by atoms with Gasteiger partial charge in [-0.2, -0.15) is 0 Å². The normalized spacial score (nSPS) is 10.9. The molecule has 2 N–H and O–H groups in total. The van der Waals surface area contributed by atoms with Gasteiger partial charge in [0.2, 0.25) is 0 Å². The number of pyridine rings is 1. The fraction of sp³-hybridized carbons (Fsp3) is 0.130. The molecule has 0 saturated heterocycles. The third-order valence-corrected chi connectivity index (χ3v) is 5.74. The number of aromatic nitrogens is 2. The van der Waals surface area contributed by atoms with Crippen molar-refractivity contribution in [3.8, 4) is 0 Å². The summed E-state index contributed by atoms with van der Waals surface area (Å²) in [6.45, 7) is 0.539. The summed E-state index contributed by atoms with van der Waals surface area (Å²) in [5.41, 5.74) is 3.81. The van der Waals surface area contributed by atoms with Crippen molar-refractivity contribution in [1.82, 2.24) is 15.3 Å². The molecule has 0 atom stereocenters. The molecule has 0 aliphatic heterocycles. The van der Waals surface area contributed by atoms with Crippen molar-refractivity contribution in [3.05, 3.63) is 95.6 Å². The zero-order valence-electron chi connectivity index (χ0n) is 15.7. The van der Waals surface area contributed by atoms with E-state index in [1.165, 1.54) is 34.8 Å². The number of rotatable bonds is 7. The summed E-state index contributed by atoms with van der Waals surface area (Å²) in [6.07, 6.45) is 4.41. The highest BCUT2D eigenvalue weighted by Crippen LogP contribution is 2.24. The van der Waals surface area contributed by atoms with E-state index in [9.17, 15) is 9.18 Å². The highest BCUT2D eigenvalue weighted by molar-refractivity contribution is 7.98. The van der Waals surface area contributed by atoms with Gasteiger partial charge in [0.25, 0.3) is 5.91 Å². The highest BCUT2D eigenvalue weighted by Gasteiger charge is 2.13. The SMILES string of the molecule is O=C(NCCc1c[nH]c2ccccc12)c1cccnc1SCc1ccc(F)cc1. The second kappa shape index (κ2) is 8.92. The number of para-hydroxylation sites is 1. The average molecular weight is 405 g/mol. The molecule has 4 rings (SSSR count). The molecule has 0 bridgehead atoms. The first-order chi connectivity index (χ1) is 14.2. The van der Waals surface area contributed by atoms with Crippen LogP contribution in [-0.4, -0.2) is 22.4 Å². The summed E-state index contributed by atoms with van der Waals surface area (Å²) in [7, 11) is 0. The molecule has 4 nitrogen and oxygen atoms in total. The lowest BCUT2D eigenvalue weighted by molar-refractivity contribution is 0.0950. The number of thioether (sulfide) groups is 1. The monoisotopic (exact) mass is 405 g/mol. The molecule has 2 aromatic heterocycles. The van der Waals surface area contributed by atoms with E-state index < -0.39 is 0 Å². The lowest BCUT2D eigenvalue weighted by Crippen LogP contribution is -2.26. The Labute approximate surface area is 172 Å². The first kappa shape index (κ1) is 19.2. The van der Waals surface area contributed by atoms with Crippen molar-refractivity contribution in [2.75, 3.05) is 6.54 Å². The van der Waals surface area contributed by atoms with Crippen LogP contribution in [0.25, 0.3) is 10.9 Å². The fourth-order valence-corrected chi connectivity index (χ4v) is 4.10. The number of halogens is 1. The maximum atomic E-state index is 13.1. The number of carbonyl (C=O) groups is 1. The van der Waals surface area contributed by atoms with Gasteiger partial charge in [0, 0.05) is 35.6 Å². The van der Waals surface area contributed by atoms with Crippen LogP contribution < -0.4 is 5.32 Å². The number of carbonyl (C=O) groups excluding carboxylic acids is 1. The van der Waals surface area contributed by atoms with Gasteiger partial charge in [0.15, 0.2) is 0 Å². The summed E-state index contributed by atoms with van der Waals surface area (Å²) in [5, 5.41) is 4.84. The van der Waals surface area contributed by atoms with Gasteiger partial charge in [0.1, 0.15) is 10.8 Å². The van der Waals surface area contributed by atoms with Crippen LogP contribution in [-0.2, 0) is 12.2 Å². The van der Waals surface area contributed by atoms with Crippen LogP contribution in [0.15, 0.2) is 78.1 Å². The van der Waals surface area contributed by atoms with E-state index in [1.807, 2.05) is 24.4 Å². The Morgan fingerprint density at radius 3 is 2.76 bits per heavy atom. The molecular weight excluding hydrogens is 385 g/mol. The average Bonchev–Trinajstić information content (AvgIpc) is 3.17. The summed E-state index contributed by atoms with van der Waals surface area (Å²) in [5.74, 6) is 0.221. The van der Waals surface area contributed by atoms with Gasteiger partial charge in [-0.15, -0.1) is 11.8 Å². The van der Waals surface area contributed by atoms with E-state index in [2.05, 4.69) is 21.4 Å². The van der Waals surface area contributed by atoms with Crippen molar-refractivity contribution < 1.29 is 9.18 Å². The minimum atomic E-state index is -0.258. The van der Waals surface area contributed by atoms with Gasteiger partial charge in [0.05, 0.1) is 5.56 Å². The zero-order chi connectivity index (χ0) is 20.1. The lowest BCUT2D eigenvalue weighted by atomic mass is 10.1. The number of amides is 1. The van der Waals surface area contributed by atoms with Gasteiger partial charge in [-0.25, -0.2) is 9.37 Å². The first-order valence-electron chi connectivity index (χ1n) is 9.36. The summed E-state index contributed by atoms with van der Waals surface area (Å²) < 4.78 is 13.1. The topological polar surface area (TPSA) is 57.8 Å². The van der Waals surface area contributed by atoms with Crippen LogP contribution in [0.3, 0.4) is 0 Å². The van der Waals surface area contributed by atoms with Gasteiger partial charge in [-0.3, -0.25) is 4.79 Å². The van der Waals surface area contributed by atoms with E-state index in [-0.39, 0.29) is 11.7 Å². The predicted molar refractivity (Wildman–Crippen MR) is 115 cm³/mol. The Balaban J connectivity index is 1.37. The molecule has 0 fully saturated rings. The smallest absolute Gasteiger partial charge is 0.254 e. The molecule has 4 aromatic rings. The Morgan fingerprint density at radius 1 is 1.07 bits per heavy atom. The number of hydrogen-bond acceptors (Lipinski definition) is 3. The number of nitrogens with zero attached hydrogens (tertiary/aromatic N) is 1. The second-order valence-corrected chi connectivity index (χ2v) is 7.60. The third-order valence-electron chi connectivity index (χ3n) is 4.66. The molecular formula is C23H20FN3OS. The second-order valence-electron chi connectivity index (χ2n) is 6.64. The number of benzene rings is 2. The number of nitrogens with one attached hydrogen (secondary N) is 2. The van der Waals surface area contributed by atoms with Crippen molar-refractivity contribution >= 4 is 28.6 Å². The van der Waals surface area contributed by atoms with Crippen LogP contribution in [0, 0.1) is 5.82 Å². The summed E-state index contributed by atoms with van der Waals surface area (Å²) in [6, 6.07) is 18.0. The van der Waals surface area contributed by atoms with E-state index in [1.54, 1.807) is 30.5 Å². The fourth-order valence-electron chi connectivity index (χ4n) is 3.16. The quantitative estimate of drug-likeness (QED) is 0.427. The van der Waals surface area contributed by atoms with Gasteiger partial charge >= 0.3 is 0 Å². The molecule has 29 heavy (non-hydrogen) atoms. The molecule has 0 spiro atoms. The molecule has 0 unspecified atom stereocenters. The van der Waals surface area contributed by atoms with Crippen LogP contribution in [0.5, 0.6) is 0 Å². The largest absolute Gasteiger partial charge is 0.361 e. The van der Waals surface area contributed by atoms with E-state index in [0.29, 0.717) is 22.9 Å². The Morgan fingerprint density at radius 2 is 1.90 bits per heavy atom. The van der Waals surface area contributed by atoms with Crippen LogP contribution in [0.2, 0.25) is 0 Å². The minimum Gasteiger partial charge on any atom is -0.361 e. The highest BCUT2D eigenvalue weighted by atomic mass is 32.2. The van der Waals surface area contributed by atoms with Gasteiger partial charge in [-0.1, -0.05) is 30.3 Å². The Kier molecular flexibility index (Phi) is 5.91. The molecule has 0 radical (unpaired) electrons. The van der Waals surface area contributed by atoms with E-state index >= 15 is 0 Å². The maximum absolute atomic E-state index is 13.1. The number of aromatic amines is 1. The van der Waals surface area contributed by atoms with Gasteiger partial charge < -0.3 is 10.3 Å². The molecule has 0 saturated carbocycles.